The molecule has 0 spiro atoms. The van der Waals surface area contributed by atoms with Crippen LogP contribution in [0.25, 0.3) is 0 Å². The van der Waals surface area contributed by atoms with E-state index in [1.807, 2.05) is 12.2 Å². The molecule has 1 aliphatic carbocycles. The van der Waals surface area contributed by atoms with Crippen molar-refractivity contribution in [2.75, 3.05) is 0 Å². The van der Waals surface area contributed by atoms with Crippen LogP contribution in [0.2, 0.25) is 0 Å². The van der Waals surface area contributed by atoms with Crippen LogP contribution in [0, 0.1) is 17.8 Å². The molecule has 3 aliphatic rings. The van der Waals surface area contributed by atoms with Crippen molar-refractivity contribution in [2.45, 2.75) is 95.5 Å². The Labute approximate surface area is 157 Å². The molecule has 0 radical (unpaired) electrons. The number of hydrogen-bond acceptors (Lipinski definition) is 4. The summed E-state index contributed by atoms with van der Waals surface area (Å²) >= 11 is 0. The van der Waals surface area contributed by atoms with E-state index in [4.69, 9.17) is 0 Å². The van der Waals surface area contributed by atoms with Crippen molar-refractivity contribution >= 4 is 5.97 Å². The fraction of sp³-hybridized carbons (Fsp3) is 0.857. The standard InChI is InChI=1S/C21H35NO4/c1-3-5-13(2)10-15(23)8-9-16-17-11-14-6-4-7-18(21(25)26)22(14)19(17)12-20(16)24/h8-9,13-20,23-24H,3-7,10-12H2,1-2H3,(H,25,26)/t13?,14?,15-,16+,17+,18?,19+,20+/m0/s1. The molecule has 2 heterocycles. The lowest BCUT2D eigenvalue weighted by atomic mass is 9.88. The highest BCUT2D eigenvalue weighted by molar-refractivity contribution is 5.73. The average Bonchev–Trinajstić information content (AvgIpc) is 3.07. The summed E-state index contributed by atoms with van der Waals surface area (Å²) < 4.78 is 0. The lowest BCUT2D eigenvalue weighted by molar-refractivity contribution is -0.146. The minimum Gasteiger partial charge on any atom is -0.480 e. The first-order valence-electron chi connectivity index (χ1n) is 10.5. The van der Waals surface area contributed by atoms with Crippen LogP contribution in [0.3, 0.4) is 0 Å². The van der Waals surface area contributed by atoms with Gasteiger partial charge in [-0.1, -0.05) is 38.8 Å². The van der Waals surface area contributed by atoms with Gasteiger partial charge in [0.15, 0.2) is 0 Å². The fourth-order valence-corrected chi connectivity index (χ4v) is 5.81. The van der Waals surface area contributed by atoms with Gasteiger partial charge in [-0.2, -0.15) is 0 Å². The maximum Gasteiger partial charge on any atom is 0.320 e. The van der Waals surface area contributed by atoms with Gasteiger partial charge in [-0.15, -0.1) is 0 Å². The molecule has 3 rings (SSSR count). The fourth-order valence-electron chi connectivity index (χ4n) is 5.81. The molecule has 0 aromatic carbocycles. The van der Waals surface area contributed by atoms with E-state index in [9.17, 15) is 20.1 Å². The summed E-state index contributed by atoms with van der Waals surface area (Å²) in [7, 11) is 0. The molecule has 3 N–H and O–H groups in total. The molecule has 3 fully saturated rings. The highest BCUT2D eigenvalue weighted by Gasteiger charge is 2.54. The molecule has 2 aliphatic heterocycles. The van der Waals surface area contributed by atoms with Crippen molar-refractivity contribution < 1.29 is 20.1 Å². The Balaban J connectivity index is 1.65. The molecule has 0 aromatic rings. The topological polar surface area (TPSA) is 81.0 Å². The average molecular weight is 366 g/mol. The van der Waals surface area contributed by atoms with Gasteiger partial charge >= 0.3 is 5.97 Å². The molecule has 148 valence electrons. The third-order valence-corrected chi connectivity index (χ3v) is 6.91. The number of carboxylic acid groups (broad SMARTS) is 1. The quantitative estimate of drug-likeness (QED) is 0.605. The molecular weight excluding hydrogens is 330 g/mol. The zero-order chi connectivity index (χ0) is 18.8. The van der Waals surface area contributed by atoms with Crippen LogP contribution in [-0.2, 0) is 4.79 Å². The van der Waals surface area contributed by atoms with E-state index in [1.54, 1.807) is 0 Å². The molecule has 0 aromatic heterocycles. The van der Waals surface area contributed by atoms with Crippen LogP contribution in [0.15, 0.2) is 12.2 Å². The number of piperidine rings is 1. The van der Waals surface area contributed by atoms with Crippen molar-refractivity contribution in [2.24, 2.45) is 17.8 Å². The van der Waals surface area contributed by atoms with E-state index in [1.165, 1.54) is 0 Å². The number of rotatable bonds is 7. The SMILES string of the molecule is CCCC(C)C[C@@H](O)C=C[C@@H]1[C@H]2CC3CCCC(C(=O)O)N3[C@@H]2C[C@H]1O. The number of aliphatic hydroxyl groups is 2. The van der Waals surface area contributed by atoms with Crippen LogP contribution >= 0.6 is 0 Å². The lowest BCUT2D eigenvalue weighted by Crippen LogP contribution is -2.51. The predicted molar refractivity (Wildman–Crippen MR) is 101 cm³/mol. The van der Waals surface area contributed by atoms with Crippen LogP contribution in [0.1, 0.15) is 65.2 Å². The molecule has 26 heavy (non-hydrogen) atoms. The molecule has 3 unspecified atom stereocenters. The van der Waals surface area contributed by atoms with Crippen LogP contribution in [-0.4, -0.2) is 56.5 Å². The molecule has 0 amide bonds. The molecule has 1 saturated carbocycles. The van der Waals surface area contributed by atoms with Gasteiger partial charge in [0.05, 0.1) is 12.2 Å². The van der Waals surface area contributed by atoms with E-state index in [2.05, 4.69) is 18.7 Å². The zero-order valence-electron chi connectivity index (χ0n) is 16.1. The lowest BCUT2D eigenvalue weighted by Gasteiger charge is -2.38. The number of carboxylic acids is 1. The Kier molecular flexibility index (Phi) is 6.41. The summed E-state index contributed by atoms with van der Waals surface area (Å²) in [6.45, 7) is 4.33. The summed E-state index contributed by atoms with van der Waals surface area (Å²) in [6, 6.07) is 0.124. The summed E-state index contributed by atoms with van der Waals surface area (Å²) in [5.74, 6) is 0.129. The summed E-state index contributed by atoms with van der Waals surface area (Å²) in [4.78, 5) is 13.9. The predicted octanol–water partition coefficient (Wildman–Crippen LogP) is 2.81. The van der Waals surface area contributed by atoms with Gasteiger partial charge in [0.1, 0.15) is 6.04 Å². The molecule has 2 saturated heterocycles. The molecule has 5 heteroatoms. The van der Waals surface area contributed by atoms with Crippen LogP contribution in [0.5, 0.6) is 0 Å². The van der Waals surface area contributed by atoms with E-state index in [0.29, 0.717) is 24.3 Å². The number of aliphatic carboxylic acids is 1. The Morgan fingerprint density at radius 3 is 2.77 bits per heavy atom. The Morgan fingerprint density at radius 2 is 2.08 bits per heavy atom. The van der Waals surface area contributed by atoms with E-state index in [0.717, 1.165) is 44.9 Å². The summed E-state index contributed by atoms with van der Waals surface area (Å²) in [6.07, 6.45) is 10.4. The number of carbonyl (C=O) groups is 1. The van der Waals surface area contributed by atoms with Gasteiger partial charge in [-0.25, -0.2) is 0 Å². The minimum absolute atomic E-state index is 0.0381. The monoisotopic (exact) mass is 365 g/mol. The van der Waals surface area contributed by atoms with Crippen molar-refractivity contribution in [3.63, 3.8) is 0 Å². The van der Waals surface area contributed by atoms with Crippen molar-refractivity contribution in [1.82, 2.24) is 4.90 Å². The molecule has 8 atom stereocenters. The first-order valence-corrected chi connectivity index (χ1v) is 10.5. The van der Waals surface area contributed by atoms with Crippen molar-refractivity contribution in [1.29, 1.82) is 0 Å². The van der Waals surface area contributed by atoms with Gasteiger partial charge in [-0.05, 0) is 50.4 Å². The maximum atomic E-state index is 11.7. The number of fused-ring (bicyclic) bond motifs is 3. The summed E-state index contributed by atoms with van der Waals surface area (Å²) in [5, 5.41) is 30.5. The smallest absolute Gasteiger partial charge is 0.320 e. The van der Waals surface area contributed by atoms with Gasteiger partial charge in [-0.3, -0.25) is 9.69 Å². The second-order valence-corrected chi connectivity index (χ2v) is 8.82. The number of aliphatic hydroxyl groups excluding tert-OH is 2. The normalized spacial score (nSPS) is 39.7. The minimum atomic E-state index is -0.718. The zero-order valence-corrected chi connectivity index (χ0v) is 16.1. The first-order chi connectivity index (χ1) is 12.4. The van der Waals surface area contributed by atoms with E-state index >= 15 is 0 Å². The van der Waals surface area contributed by atoms with Crippen molar-refractivity contribution in [3.05, 3.63) is 12.2 Å². The van der Waals surface area contributed by atoms with Gasteiger partial charge < -0.3 is 15.3 Å². The molecular formula is C21H35NO4. The maximum absolute atomic E-state index is 11.7. The van der Waals surface area contributed by atoms with Gasteiger partial charge in [0.25, 0.3) is 0 Å². The third kappa shape index (κ3) is 4.00. The molecule has 0 bridgehead atoms. The second-order valence-electron chi connectivity index (χ2n) is 8.82. The van der Waals surface area contributed by atoms with Crippen LogP contribution < -0.4 is 0 Å². The highest BCUT2D eigenvalue weighted by atomic mass is 16.4. The van der Waals surface area contributed by atoms with Gasteiger partial charge in [0, 0.05) is 18.0 Å². The van der Waals surface area contributed by atoms with Crippen molar-refractivity contribution in [3.8, 4) is 0 Å². The van der Waals surface area contributed by atoms with E-state index < -0.39 is 18.2 Å². The highest BCUT2D eigenvalue weighted by Crippen LogP contribution is 2.49. The number of hydrogen-bond donors (Lipinski definition) is 3. The Hall–Kier alpha value is -0.910. The second kappa shape index (κ2) is 8.41. The Morgan fingerprint density at radius 1 is 1.31 bits per heavy atom. The first kappa shape index (κ1) is 19.8. The third-order valence-electron chi connectivity index (χ3n) is 6.91. The van der Waals surface area contributed by atoms with Crippen LogP contribution in [0.4, 0.5) is 0 Å². The number of nitrogens with zero attached hydrogens (tertiary/aromatic N) is 1. The summed E-state index contributed by atoms with van der Waals surface area (Å²) in [5.41, 5.74) is 0. The molecule has 5 nitrogen and oxygen atoms in total. The van der Waals surface area contributed by atoms with E-state index in [-0.39, 0.29) is 18.0 Å². The van der Waals surface area contributed by atoms with Gasteiger partial charge in [0.2, 0.25) is 0 Å². The largest absolute Gasteiger partial charge is 0.480 e. The Bertz CT molecular complexity index is 522.